The summed E-state index contributed by atoms with van der Waals surface area (Å²) in [5, 5.41) is 0. The largest absolute Gasteiger partial charge is 0.315 e. The predicted molar refractivity (Wildman–Crippen MR) is 51.3 cm³/mol. The van der Waals surface area contributed by atoms with E-state index >= 15 is 0 Å². The third-order valence-corrected chi connectivity index (χ3v) is 3.03. The van der Waals surface area contributed by atoms with Crippen molar-refractivity contribution in [1.82, 2.24) is 5.43 Å². The molecule has 0 saturated carbocycles. The second-order valence-electron chi connectivity index (χ2n) is 2.13. The molecule has 0 aliphatic carbocycles. The van der Waals surface area contributed by atoms with Gasteiger partial charge in [0.25, 0.3) is 5.91 Å². The third-order valence-electron chi connectivity index (χ3n) is 1.33. The van der Waals surface area contributed by atoms with Gasteiger partial charge < -0.3 is 5.73 Å². The van der Waals surface area contributed by atoms with Crippen molar-refractivity contribution >= 4 is 33.2 Å². The van der Waals surface area contributed by atoms with E-state index in [9.17, 15) is 4.79 Å². The van der Waals surface area contributed by atoms with Crippen molar-refractivity contribution < 1.29 is 4.79 Å². The van der Waals surface area contributed by atoms with Crippen molar-refractivity contribution in [1.29, 1.82) is 0 Å². The maximum absolute atomic E-state index is 11.0. The third kappa shape index (κ3) is 2.04. The zero-order valence-electron chi connectivity index (χ0n) is 6.08. The minimum absolute atomic E-state index is 0.385. The first-order valence-electron chi connectivity index (χ1n) is 3.16. The van der Waals surface area contributed by atoms with Crippen molar-refractivity contribution in [3.8, 4) is 0 Å². The van der Waals surface area contributed by atoms with E-state index in [0.29, 0.717) is 0 Å². The maximum atomic E-state index is 11.0. The van der Waals surface area contributed by atoms with Crippen LogP contribution >= 0.6 is 27.3 Å². The molecule has 6 heteroatoms. The molecule has 1 atom stereocenters. The number of hydrazine groups is 1. The zero-order valence-corrected chi connectivity index (χ0v) is 8.48. The van der Waals surface area contributed by atoms with Gasteiger partial charge in [-0.05, 0) is 28.1 Å². The van der Waals surface area contributed by atoms with Crippen LogP contribution in [0.15, 0.2) is 15.9 Å². The molecule has 0 aliphatic heterocycles. The fourth-order valence-corrected chi connectivity index (χ4v) is 2.14. The molecule has 1 aromatic heterocycles. The Morgan fingerprint density at radius 3 is 2.75 bits per heavy atom. The zero-order chi connectivity index (χ0) is 9.14. The smallest absolute Gasteiger partial charge is 0.256 e. The van der Waals surface area contributed by atoms with Gasteiger partial charge in [-0.3, -0.25) is 10.2 Å². The Morgan fingerprint density at radius 1 is 1.67 bits per heavy atom. The highest BCUT2D eigenvalue weighted by Gasteiger charge is 2.15. The van der Waals surface area contributed by atoms with Crippen molar-refractivity contribution in [2.75, 3.05) is 0 Å². The number of nitrogens with one attached hydrogen (secondary N) is 1. The van der Waals surface area contributed by atoms with E-state index in [2.05, 4.69) is 15.9 Å². The summed E-state index contributed by atoms with van der Waals surface area (Å²) in [5.74, 6) is 4.55. The van der Waals surface area contributed by atoms with Gasteiger partial charge in [-0.15, -0.1) is 11.3 Å². The first kappa shape index (κ1) is 9.66. The van der Waals surface area contributed by atoms with Crippen molar-refractivity contribution in [2.24, 2.45) is 11.6 Å². The van der Waals surface area contributed by atoms with Crippen LogP contribution in [0.25, 0.3) is 0 Å². The van der Waals surface area contributed by atoms with Crippen LogP contribution in [-0.4, -0.2) is 5.91 Å². The van der Waals surface area contributed by atoms with Gasteiger partial charge in [0, 0.05) is 4.88 Å². The average molecular weight is 250 g/mol. The van der Waals surface area contributed by atoms with Crippen LogP contribution in [0.3, 0.4) is 0 Å². The van der Waals surface area contributed by atoms with Gasteiger partial charge in [0.2, 0.25) is 0 Å². The first-order chi connectivity index (χ1) is 5.65. The first-order valence-corrected chi connectivity index (χ1v) is 4.77. The Bertz CT molecular complexity index is 288. The minimum atomic E-state index is -0.675. The van der Waals surface area contributed by atoms with Crippen LogP contribution < -0.4 is 17.0 Å². The normalized spacial score (nSPS) is 12.6. The summed E-state index contributed by atoms with van der Waals surface area (Å²) in [6, 6.07) is 2.95. The average Bonchev–Trinajstić information content (AvgIpc) is 2.49. The van der Waals surface area contributed by atoms with Gasteiger partial charge in [0.05, 0.1) is 3.79 Å². The Hall–Kier alpha value is -0.430. The highest BCUT2D eigenvalue weighted by atomic mass is 79.9. The van der Waals surface area contributed by atoms with Crippen LogP contribution in [0.2, 0.25) is 0 Å². The lowest BCUT2D eigenvalue weighted by Gasteiger charge is -2.05. The highest BCUT2D eigenvalue weighted by Crippen LogP contribution is 2.25. The van der Waals surface area contributed by atoms with Crippen LogP contribution in [0.1, 0.15) is 10.9 Å². The lowest BCUT2D eigenvalue weighted by Crippen LogP contribution is -2.37. The number of carbonyl (C=O) groups excluding carboxylic acids is 1. The molecule has 4 nitrogen and oxygen atoms in total. The fraction of sp³-hybridized carbons (Fsp3) is 0.167. The van der Waals surface area contributed by atoms with Crippen molar-refractivity contribution in [3.63, 3.8) is 0 Å². The summed E-state index contributed by atoms with van der Waals surface area (Å²) in [6.45, 7) is 0. The van der Waals surface area contributed by atoms with Crippen LogP contribution in [0.4, 0.5) is 0 Å². The molecule has 1 aromatic rings. The summed E-state index contributed by atoms with van der Waals surface area (Å²) in [4.78, 5) is 11.7. The van der Waals surface area contributed by atoms with E-state index < -0.39 is 6.04 Å². The van der Waals surface area contributed by atoms with E-state index in [-0.39, 0.29) is 5.91 Å². The number of hydrogen-bond donors (Lipinski definition) is 3. The molecule has 0 fully saturated rings. The Balaban J connectivity index is 2.77. The fourth-order valence-electron chi connectivity index (χ4n) is 0.714. The van der Waals surface area contributed by atoms with Crippen LogP contribution in [0, 0.1) is 0 Å². The molecule has 0 aromatic carbocycles. The quantitative estimate of drug-likeness (QED) is 0.406. The summed E-state index contributed by atoms with van der Waals surface area (Å²) >= 11 is 4.69. The molecule has 5 N–H and O–H groups in total. The Labute approximate surface area is 82.0 Å². The van der Waals surface area contributed by atoms with E-state index in [1.165, 1.54) is 11.3 Å². The Kier molecular flexibility index (Phi) is 3.21. The molecule has 1 unspecified atom stereocenters. The molecule has 0 aliphatic rings. The van der Waals surface area contributed by atoms with Gasteiger partial charge in [0.1, 0.15) is 6.04 Å². The number of hydrogen-bond acceptors (Lipinski definition) is 4. The molecular formula is C6H8BrN3OS. The standard InChI is InChI=1S/C6H8BrN3OS/c7-4-2-1-3(12-4)5(8)6(11)10-9/h1-2,5H,8-9H2,(H,10,11). The second kappa shape index (κ2) is 3.99. The molecule has 1 heterocycles. The minimum Gasteiger partial charge on any atom is -0.315 e. The molecule has 1 rings (SSSR count). The molecule has 0 saturated heterocycles. The summed E-state index contributed by atoms with van der Waals surface area (Å²) < 4.78 is 0.942. The lowest BCUT2D eigenvalue weighted by atomic mass is 10.2. The van der Waals surface area contributed by atoms with Crippen LogP contribution in [0.5, 0.6) is 0 Å². The summed E-state index contributed by atoms with van der Waals surface area (Å²) in [7, 11) is 0. The monoisotopic (exact) mass is 249 g/mol. The number of halogens is 1. The predicted octanol–water partition coefficient (Wildman–Crippen LogP) is 0.500. The SMILES string of the molecule is NNC(=O)C(N)c1ccc(Br)s1. The number of carbonyl (C=O) groups is 1. The van der Waals surface area contributed by atoms with Gasteiger partial charge >= 0.3 is 0 Å². The van der Waals surface area contributed by atoms with Gasteiger partial charge in [-0.25, -0.2) is 5.84 Å². The van der Waals surface area contributed by atoms with Gasteiger partial charge in [-0.1, -0.05) is 0 Å². The molecule has 1 amide bonds. The van der Waals surface area contributed by atoms with E-state index in [1.54, 1.807) is 6.07 Å². The summed E-state index contributed by atoms with van der Waals surface area (Å²) in [5.41, 5.74) is 7.56. The highest BCUT2D eigenvalue weighted by molar-refractivity contribution is 9.11. The summed E-state index contributed by atoms with van der Waals surface area (Å²) in [6.07, 6.45) is 0. The van der Waals surface area contributed by atoms with E-state index in [1.807, 2.05) is 11.5 Å². The van der Waals surface area contributed by atoms with Crippen molar-refractivity contribution in [3.05, 3.63) is 20.8 Å². The molecule has 12 heavy (non-hydrogen) atoms. The molecule has 0 spiro atoms. The van der Waals surface area contributed by atoms with Gasteiger partial charge in [0.15, 0.2) is 0 Å². The molecule has 0 radical (unpaired) electrons. The second-order valence-corrected chi connectivity index (χ2v) is 4.62. The van der Waals surface area contributed by atoms with Crippen LogP contribution in [-0.2, 0) is 4.79 Å². The lowest BCUT2D eigenvalue weighted by molar-refractivity contribution is -0.122. The number of rotatable bonds is 2. The molecule has 66 valence electrons. The maximum Gasteiger partial charge on any atom is 0.256 e. The molecule has 0 bridgehead atoms. The molecular weight excluding hydrogens is 242 g/mol. The van der Waals surface area contributed by atoms with E-state index in [4.69, 9.17) is 11.6 Å². The van der Waals surface area contributed by atoms with Crippen molar-refractivity contribution in [2.45, 2.75) is 6.04 Å². The van der Waals surface area contributed by atoms with Gasteiger partial charge in [-0.2, -0.15) is 0 Å². The topological polar surface area (TPSA) is 81.1 Å². The number of thiophene rings is 1. The van der Waals surface area contributed by atoms with E-state index in [0.717, 1.165) is 8.66 Å². The number of amides is 1. The number of nitrogens with two attached hydrogens (primary N) is 2. The Morgan fingerprint density at radius 2 is 2.33 bits per heavy atom.